The monoisotopic (exact) mass is 199 g/mol. The second-order valence-corrected chi connectivity index (χ2v) is 3.83. The van der Waals surface area contributed by atoms with Gasteiger partial charge in [-0.15, -0.1) is 0 Å². The summed E-state index contributed by atoms with van der Waals surface area (Å²) in [6.07, 6.45) is 2.99. The van der Waals surface area contributed by atoms with Gasteiger partial charge in [0.25, 0.3) is 0 Å². The standard InChI is InChI=1S/C10H17NO3/c1-8(12)11-6-2-4-9(10(13)14)5-3-7-11/h9H,2-7H2,1H3,(H,13,14). The molecule has 1 N–H and O–H groups in total. The fraction of sp³-hybridized carbons (Fsp3) is 0.800. The Labute approximate surface area is 83.9 Å². The van der Waals surface area contributed by atoms with Crippen molar-refractivity contribution in [2.24, 2.45) is 5.92 Å². The zero-order valence-corrected chi connectivity index (χ0v) is 8.53. The number of amides is 1. The van der Waals surface area contributed by atoms with E-state index in [1.807, 2.05) is 0 Å². The molecule has 80 valence electrons. The molecular weight excluding hydrogens is 182 g/mol. The minimum absolute atomic E-state index is 0.0961. The van der Waals surface area contributed by atoms with Crippen molar-refractivity contribution < 1.29 is 14.7 Å². The molecule has 0 aromatic heterocycles. The number of carbonyl (C=O) groups is 2. The average molecular weight is 199 g/mol. The van der Waals surface area contributed by atoms with Crippen molar-refractivity contribution in [3.05, 3.63) is 0 Å². The van der Waals surface area contributed by atoms with E-state index in [0.717, 1.165) is 12.8 Å². The summed E-state index contributed by atoms with van der Waals surface area (Å²) in [5.74, 6) is -0.802. The Morgan fingerprint density at radius 3 is 2.07 bits per heavy atom. The number of rotatable bonds is 1. The van der Waals surface area contributed by atoms with Crippen molar-refractivity contribution in [2.75, 3.05) is 13.1 Å². The molecule has 0 spiro atoms. The minimum atomic E-state index is -0.693. The van der Waals surface area contributed by atoms with Crippen molar-refractivity contribution in [1.82, 2.24) is 4.90 Å². The van der Waals surface area contributed by atoms with Crippen LogP contribution in [0.2, 0.25) is 0 Å². The smallest absolute Gasteiger partial charge is 0.306 e. The van der Waals surface area contributed by atoms with E-state index in [-0.39, 0.29) is 11.8 Å². The third kappa shape index (κ3) is 3.01. The second-order valence-electron chi connectivity index (χ2n) is 3.83. The predicted molar refractivity (Wildman–Crippen MR) is 51.8 cm³/mol. The Balaban J connectivity index is 2.43. The van der Waals surface area contributed by atoms with Gasteiger partial charge < -0.3 is 10.0 Å². The van der Waals surface area contributed by atoms with Gasteiger partial charge in [0, 0.05) is 20.0 Å². The Morgan fingerprint density at radius 2 is 1.71 bits per heavy atom. The summed E-state index contributed by atoms with van der Waals surface area (Å²) >= 11 is 0. The minimum Gasteiger partial charge on any atom is -0.481 e. The van der Waals surface area contributed by atoms with Crippen molar-refractivity contribution in [3.8, 4) is 0 Å². The van der Waals surface area contributed by atoms with Crippen LogP contribution in [0.3, 0.4) is 0 Å². The quantitative estimate of drug-likeness (QED) is 0.688. The largest absolute Gasteiger partial charge is 0.481 e. The molecule has 0 radical (unpaired) electrons. The van der Waals surface area contributed by atoms with Crippen LogP contribution >= 0.6 is 0 Å². The Hall–Kier alpha value is -1.06. The molecule has 1 rings (SSSR count). The maximum atomic E-state index is 11.1. The first-order valence-electron chi connectivity index (χ1n) is 5.09. The molecule has 4 heteroatoms. The molecule has 4 nitrogen and oxygen atoms in total. The predicted octanol–water partition coefficient (Wildman–Crippen LogP) is 1.11. The molecule has 0 unspecified atom stereocenters. The summed E-state index contributed by atoms with van der Waals surface area (Å²) in [6, 6.07) is 0. The fourth-order valence-corrected chi connectivity index (χ4v) is 1.88. The highest BCUT2D eigenvalue weighted by Crippen LogP contribution is 2.18. The number of carboxylic acid groups (broad SMARTS) is 1. The molecule has 0 aromatic rings. The van der Waals surface area contributed by atoms with E-state index < -0.39 is 5.97 Å². The van der Waals surface area contributed by atoms with Crippen LogP contribution in [0.1, 0.15) is 32.6 Å². The maximum absolute atomic E-state index is 11.1. The molecule has 0 atom stereocenters. The highest BCUT2D eigenvalue weighted by Gasteiger charge is 2.20. The van der Waals surface area contributed by atoms with Crippen LogP contribution < -0.4 is 0 Å². The second kappa shape index (κ2) is 4.98. The van der Waals surface area contributed by atoms with Gasteiger partial charge in [-0.05, 0) is 25.7 Å². The summed E-state index contributed by atoms with van der Waals surface area (Å²) < 4.78 is 0. The summed E-state index contributed by atoms with van der Waals surface area (Å²) in [5.41, 5.74) is 0. The van der Waals surface area contributed by atoms with E-state index in [1.165, 1.54) is 0 Å². The van der Waals surface area contributed by atoms with Gasteiger partial charge in [0.05, 0.1) is 5.92 Å². The van der Waals surface area contributed by atoms with E-state index >= 15 is 0 Å². The van der Waals surface area contributed by atoms with Gasteiger partial charge in [-0.3, -0.25) is 9.59 Å². The number of hydrogen-bond acceptors (Lipinski definition) is 2. The zero-order chi connectivity index (χ0) is 10.6. The molecule has 1 amide bonds. The number of carbonyl (C=O) groups excluding carboxylic acids is 1. The van der Waals surface area contributed by atoms with Gasteiger partial charge in [0.2, 0.25) is 5.91 Å². The fourth-order valence-electron chi connectivity index (χ4n) is 1.88. The van der Waals surface area contributed by atoms with Gasteiger partial charge in [0.1, 0.15) is 0 Å². The van der Waals surface area contributed by atoms with Crippen molar-refractivity contribution in [3.63, 3.8) is 0 Å². The highest BCUT2D eigenvalue weighted by molar-refractivity contribution is 5.73. The Morgan fingerprint density at radius 1 is 1.21 bits per heavy atom. The van der Waals surface area contributed by atoms with Crippen LogP contribution in [-0.2, 0) is 9.59 Å². The molecule has 0 saturated carbocycles. The molecule has 1 fully saturated rings. The van der Waals surface area contributed by atoms with Crippen molar-refractivity contribution in [1.29, 1.82) is 0 Å². The third-order valence-electron chi connectivity index (χ3n) is 2.76. The van der Waals surface area contributed by atoms with Gasteiger partial charge in [0.15, 0.2) is 0 Å². The normalized spacial score (nSPS) is 19.9. The summed E-state index contributed by atoms with van der Waals surface area (Å²) in [4.78, 5) is 23.6. The van der Waals surface area contributed by atoms with Gasteiger partial charge in [-0.2, -0.15) is 0 Å². The summed E-state index contributed by atoms with van der Waals surface area (Å²) in [5, 5.41) is 8.85. The zero-order valence-electron chi connectivity index (χ0n) is 8.53. The van der Waals surface area contributed by atoms with Gasteiger partial charge in [-0.25, -0.2) is 0 Å². The van der Waals surface area contributed by atoms with Crippen LogP contribution in [-0.4, -0.2) is 35.0 Å². The van der Waals surface area contributed by atoms with Gasteiger partial charge >= 0.3 is 5.97 Å². The lowest BCUT2D eigenvalue weighted by molar-refractivity contribution is -0.142. The average Bonchev–Trinajstić information content (AvgIpc) is 2.01. The molecule has 0 aromatic carbocycles. The summed E-state index contributed by atoms with van der Waals surface area (Å²) in [7, 11) is 0. The molecule has 1 aliphatic heterocycles. The SMILES string of the molecule is CC(=O)N1CCCC(C(=O)O)CCC1. The Bertz CT molecular complexity index is 195. The molecule has 1 saturated heterocycles. The van der Waals surface area contributed by atoms with E-state index in [0.29, 0.717) is 25.9 Å². The van der Waals surface area contributed by atoms with Crippen molar-refractivity contribution >= 4 is 11.9 Å². The van der Waals surface area contributed by atoms with Crippen LogP contribution in [0.4, 0.5) is 0 Å². The molecule has 1 heterocycles. The van der Waals surface area contributed by atoms with E-state index in [4.69, 9.17) is 5.11 Å². The van der Waals surface area contributed by atoms with E-state index in [1.54, 1.807) is 11.8 Å². The topological polar surface area (TPSA) is 57.6 Å². The van der Waals surface area contributed by atoms with E-state index in [2.05, 4.69) is 0 Å². The lowest BCUT2D eigenvalue weighted by atomic mass is 9.96. The first kappa shape index (κ1) is 11.0. The number of carboxylic acids is 1. The van der Waals surface area contributed by atoms with Crippen LogP contribution in [0, 0.1) is 5.92 Å². The first-order chi connectivity index (χ1) is 6.61. The van der Waals surface area contributed by atoms with Crippen LogP contribution in [0.15, 0.2) is 0 Å². The molecule has 1 aliphatic rings. The van der Waals surface area contributed by atoms with Crippen LogP contribution in [0.25, 0.3) is 0 Å². The summed E-state index contributed by atoms with van der Waals surface area (Å²) in [6.45, 7) is 2.98. The molecule has 0 aliphatic carbocycles. The number of hydrogen-bond donors (Lipinski definition) is 1. The highest BCUT2D eigenvalue weighted by atomic mass is 16.4. The Kier molecular flexibility index (Phi) is 3.92. The molecular formula is C10H17NO3. The lowest BCUT2D eigenvalue weighted by Gasteiger charge is -2.25. The van der Waals surface area contributed by atoms with Gasteiger partial charge in [-0.1, -0.05) is 0 Å². The first-order valence-corrected chi connectivity index (χ1v) is 5.09. The third-order valence-corrected chi connectivity index (χ3v) is 2.76. The number of nitrogens with zero attached hydrogens (tertiary/aromatic N) is 1. The van der Waals surface area contributed by atoms with Crippen molar-refractivity contribution in [2.45, 2.75) is 32.6 Å². The maximum Gasteiger partial charge on any atom is 0.306 e. The lowest BCUT2D eigenvalue weighted by Crippen LogP contribution is -2.33. The number of likely N-dealkylation sites (tertiary alicyclic amines) is 1. The molecule has 0 bridgehead atoms. The van der Waals surface area contributed by atoms with E-state index in [9.17, 15) is 9.59 Å². The number of aliphatic carboxylic acids is 1. The van der Waals surface area contributed by atoms with Crippen LogP contribution in [0.5, 0.6) is 0 Å². The molecule has 14 heavy (non-hydrogen) atoms.